The largest absolute Gasteiger partial charge is 0.481 e. The summed E-state index contributed by atoms with van der Waals surface area (Å²) in [7, 11) is 0. The molecule has 1 atom stereocenters. The number of hydrogen-bond acceptors (Lipinski definition) is 8. The van der Waals surface area contributed by atoms with Gasteiger partial charge in [-0.2, -0.15) is 4.98 Å². The molecule has 0 saturated heterocycles. The molecule has 0 aliphatic heterocycles. The zero-order chi connectivity index (χ0) is 20.2. The monoisotopic (exact) mass is 391 g/mol. The van der Waals surface area contributed by atoms with Crippen LogP contribution in [0, 0.1) is 5.92 Å². The number of carbonyl (C=O) groups is 1. The molecule has 0 saturated carbocycles. The first-order valence-corrected chi connectivity index (χ1v) is 8.84. The molecule has 29 heavy (non-hydrogen) atoms. The van der Waals surface area contributed by atoms with Crippen LogP contribution in [0.1, 0.15) is 6.92 Å². The van der Waals surface area contributed by atoms with Crippen LogP contribution < -0.4 is 5.32 Å². The van der Waals surface area contributed by atoms with Crippen molar-refractivity contribution >= 4 is 12.0 Å². The van der Waals surface area contributed by atoms with Crippen molar-refractivity contribution in [3.05, 3.63) is 55.6 Å². The van der Waals surface area contributed by atoms with Gasteiger partial charge in [-0.3, -0.25) is 4.79 Å². The molecule has 3 heterocycles. The molecule has 0 spiro atoms. The quantitative estimate of drug-likeness (QED) is 0.486. The third-order valence-electron chi connectivity index (χ3n) is 4.31. The third-order valence-corrected chi connectivity index (χ3v) is 4.31. The molecule has 4 aromatic rings. The average molecular weight is 391 g/mol. The second-order valence-electron chi connectivity index (χ2n) is 6.39. The first-order valence-electron chi connectivity index (χ1n) is 8.84. The van der Waals surface area contributed by atoms with Gasteiger partial charge >= 0.3 is 5.97 Å². The third kappa shape index (κ3) is 3.98. The lowest BCUT2D eigenvalue weighted by atomic mass is 10.1. The Hall–Kier alpha value is -4.01. The first kappa shape index (κ1) is 18.4. The van der Waals surface area contributed by atoms with E-state index in [1.54, 1.807) is 25.5 Å². The number of nitrogens with one attached hydrogen (secondary N) is 1. The molecule has 0 radical (unpaired) electrons. The molecule has 0 fully saturated rings. The van der Waals surface area contributed by atoms with Crippen LogP contribution in [-0.4, -0.2) is 37.6 Å². The van der Waals surface area contributed by atoms with E-state index in [2.05, 4.69) is 25.3 Å². The van der Waals surface area contributed by atoms with E-state index in [-0.39, 0.29) is 12.6 Å². The molecule has 0 amide bonds. The Kier molecular flexibility index (Phi) is 5.02. The minimum atomic E-state index is -0.899. The van der Waals surface area contributed by atoms with Crippen LogP contribution in [-0.2, 0) is 4.79 Å². The molecule has 0 aliphatic rings. The van der Waals surface area contributed by atoms with E-state index < -0.39 is 11.9 Å². The van der Waals surface area contributed by atoms with Gasteiger partial charge in [0.05, 0.1) is 17.7 Å². The Bertz CT molecular complexity index is 1090. The summed E-state index contributed by atoms with van der Waals surface area (Å²) in [6.07, 6.45) is 7.71. The summed E-state index contributed by atoms with van der Waals surface area (Å²) >= 11 is 0. The lowest BCUT2D eigenvalue weighted by Gasteiger charge is -2.05. The molecule has 1 unspecified atom stereocenters. The van der Waals surface area contributed by atoms with Crippen molar-refractivity contribution in [2.75, 3.05) is 11.9 Å². The lowest BCUT2D eigenvalue weighted by molar-refractivity contribution is -0.140. The number of benzene rings is 1. The van der Waals surface area contributed by atoms with E-state index in [0.717, 1.165) is 11.1 Å². The standard InChI is InChI=1S/C20H17N5O4/c1-12(19(26)27)6-24-20-25-17(18(29-20)15-7-21-10-22-8-15)14-4-2-13(3-5-14)16-9-23-11-28-16/h2-5,7-12H,6H2,1H3,(H,24,25)(H,26,27). The van der Waals surface area contributed by atoms with Crippen molar-refractivity contribution in [3.8, 4) is 33.9 Å². The van der Waals surface area contributed by atoms with Crippen molar-refractivity contribution in [2.24, 2.45) is 5.92 Å². The number of carboxylic acid groups (broad SMARTS) is 1. The zero-order valence-electron chi connectivity index (χ0n) is 15.4. The molecule has 3 aromatic heterocycles. The number of oxazole rings is 2. The van der Waals surface area contributed by atoms with E-state index in [1.807, 2.05) is 24.3 Å². The van der Waals surface area contributed by atoms with Crippen molar-refractivity contribution in [3.63, 3.8) is 0 Å². The van der Waals surface area contributed by atoms with Crippen LogP contribution in [0.2, 0.25) is 0 Å². The van der Waals surface area contributed by atoms with Crippen molar-refractivity contribution < 1.29 is 18.7 Å². The van der Waals surface area contributed by atoms with Gasteiger partial charge in [0.25, 0.3) is 6.01 Å². The van der Waals surface area contributed by atoms with Crippen LogP contribution in [0.5, 0.6) is 0 Å². The fraction of sp³-hybridized carbons (Fsp3) is 0.150. The number of aromatic nitrogens is 4. The molecule has 0 bridgehead atoms. The molecular formula is C20H17N5O4. The number of nitrogens with zero attached hydrogens (tertiary/aromatic N) is 4. The predicted molar refractivity (Wildman–Crippen MR) is 104 cm³/mol. The molecule has 1 aromatic carbocycles. The highest BCUT2D eigenvalue weighted by Crippen LogP contribution is 2.34. The summed E-state index contributed by atoms with van der Waals surface area (Å²) in [5.74, 6) is -0.332. The lowest BCUT2D eigenvalue weighted by Crippen LogP contribution is -2.19. The van der Waals surface area contributed by atoms with Gasteiger partial charge in [-0.1, -0.05) is 31.2 Å². The molecule has 2 N–H and O–H groups in total. The molecule has 9 nitrogen and oxygen atoms in total. The number of hydrogen-bond donors (Lipinski definition) is 2. The Balaban J connectivity index is 1.68. The fourth-order valence-corrected chi connectivity index (χ4v) is 2.68. The van der Waals surface area contributed by atoms with Gasteiger partial charge in [-0.25, -0.2) is 15.0 Å². The summed E-state index contributed by atoms with van der Waals surface area (Å²) in [5.41, 5.74) is 2.95. The van der Waals surface area contributed by atoms with Gasteiger partial charge in [0.2, 0.25) is 0 Å². The van der Waals surface area contributed by atoms with E-state index in [0.29, 0.717) is 22.8 Å². The predicted octanol–water partition coefficient (Wildman–Crippen LogP) is 3.59. The topological polar surface area (TPSA) is 127 Å². The molecule has 9 heteroatoms. The van der Waals surface area contributed by atoms with Crippen LogP contribution in [0.15, 0.2) is 64.4 Å². The SMILES string of the molecule is CC(CNc1nc(-c2ccc(-c3cnco3)cc2)c(-c2cncnc2)o1)C(=O)O. The number of rotatable bonds is 7. The van der Waals surface area contributed by atoms with Gasteiger partial charge in [0, 0.05) is 30.1 Å². The van der Waals surface area contributed by atoms with E-state index in [1.165, 1.54) is 12.7 Å². The van der Waals surface area contributed by atoms with E-state index in [9.17, 15) is 4.79 Å². The fourth-order valence-electron chi connectivity index (χ4n) is 2.68. The van der Waals surface area contributed by atoms with Gasteiger partial charge in [-0.05, 0) is 0 Å². The van der Waals surface area contributed by atoms with Crippen molar-refractivity contribution in [2.45, 2.75) is 6.92 Å². The van der Waals surface area contributed by atoms with Crippen LogP contribution in [0.25, 0.3) is 33.9 Å². The molecule has 4 rings (SSSR count). The highest BCUT2D eigenvalue weighted by molar-refractivity contribution is 5.78. The maximum atomic E-state index is 11.0. The number of aliphatic carboxylic acids is 1. The summed E-state index contributed by atoms with van der Waals surface area (Å²) < 4.78 is 11.2. The normalized spacial score (nSPS) is 11.9. The Morgan fingerprint density at radius 1 is 1.07 bits per heavy atom. The highest BCUT2D eigenvalue weighted by atomic mass is 16.4. The molecular weight excluding hydrogens is 374 g/mol. The van der Waals surface area contributed by atoms with Gasteiger partial charge in [-0.15, -0.1) is 0 Å². The maximum Gasteiger partial charge on any atom is 0.308 e. The minimum Gasteiger partial charge on any atom is -0.481 e. The Morgan fingerprint density at radius 2 is 1.79 bits per heavy atom. The smallest absolute Gasteiger partial charge is 0.308 e. The highest BCUT2D eigenvalue weighted by Gasteiger charge is 2.19. The first-order chi connectivity index (χ1) is 14.1. The van der Waals surface area contributed by atoms with Gasteiger partial charge < -0.3 is 19.3 Å². The zero-order valence-corrected chi connectivity index (χ0v) is 15.4. The van der Waals surface area contributed by atoms with E-state index >= 15 is 0 Å². The van der Waals surface area contributed by atoms with Gasteiger partial charge in [0.1, 0.15) is 12.0 Å². The van der Waals surface area contributed by atoms with Crippen molar-refractivity contribution in [1.82, 2.24) is 19.9 Å². The van der Waals surface area contributed by atoms with E-state index in [4.69, 9.17) is 13.9 Å². The Labute approximate surface area is 165 Å². The number of carboxylic acids is 1. The summed E-state index contributed by atoms with van der Waals surface area (Å²) in [6.45, 7) is 1.79. The van der Waals surface area contributed by atoms with Gasteiger partial charge in [0.15, 0.2) is 17.9 Å². The van der Waals surface area contributed by atoms with Crippen LogP contribution in [0.4, 0.5) is 6.01 Å². The van der Waals surface area contributed by atoms with Crippen LogP contribution >= 0.6 is 0 Å². The van der Waals surface area contributed by atoms with Crippen LogP contribution in [0.3, 0.4) is 0 Å². The molecule has 146 valence electrons. The average Bonchev–Trinajstić information content (AvgIpc) is 3.43. The molecule has 0 aliphatic carbocycles. The maximum absolute atomic E-state index is 11.0. The second kappa shape index (κ2) is 7.93. The van der Waals surface area contributed by atoms with Crippen molar-refractivity contribution in [1.29, 1.82) is 0 Å². The summed E-state index contributed by atoms with van der Waals surface area (Å²) in [4.78, 5) is 27.6. The Morgan fingerprint density at radius 3 is 2.45 bits per heavy atom. The second-order valence-corrected chi connectivity index (χ2v) is 6.39. The minimum absolute atomic E-state index is 0.185. The summed E-state index contributed by atoms with van der Waals surface area (Å²) in [5, 5.41) is 12.0. The number of anilines is 1. The summed E-state index contributed by atoms with van der Waals surface area (Å²) in [6, 6.07) is 7.82.